The van der Waals surface area contributed by atoms with Crippen LogP contribution in [0.4, 0.5) is 14.5 Å². The molecule has 0 aromatic carbocycles. The van der Waals surface area contributed by atoms with Crippen LogP contribution in [0.2, 0.25) is 0 Å². The maximum Gasteiger partial charge on any atom is 0.289 e. The van der Waals surface area contributed by atoms with Crippen LogP contribution < -0.4 is 10.1 Å². The molecule has 1 saturated heterocycles. The van der Waals surface area contributed by atoms with Crippen molar-refractivity contribution in [3.63, 3.8) is 0 Å². The van der Waals surface area contributed by atoms with E-state index in [0.29, 0.717) is 34.0 Å². The van der Waals surface area contributed by atoms with Crippen LogP contribution in [0.25, 0.3) is 11.1 Å². The summed E-state index contributed by atoms with van der Waals surface area (Å²) < 4.78 is 38.7. The first-order valence-electron chi connectivity index (χ1n) is 10.9. The van der Waals surface area contributed by atoms with E-state index in [9.17, 15) is 18.8 Å². The fourth-order valence-corrected chi connectivity index (χ4v) is 3.74. The molecule has 3 aromatic heterocycles. The second-order valence-electron chi connectivity index (χ2n) is 8.27. The number of aromatic nitrogens is 3. The Balaban J connectivity index is 1.65. The quantitative estimate of drug-likeness (QED) is 0.535. The predicted octanol–water partition coefficient (Wildman–Crippen LogP) is 4.40. The van der Waals surface area contributed by atoms with Gasteiger partial charge in [0.1, 0.15) is 11.1 Å². The number of hydrogen-bond acceptors (Lipinski definition) is 7. The largest absolute Gasteiger partial charge is 0.481 e. The summed E-state index contributed by atoms with van der Waals surface area (Å²) in [5.74, 6) is -3.35. The van der Waals surface area contributed by atoms with Gasteiger partial charge < -0.3 is 14.8 Å². The van der Waals surface area contributed by atoms with Gasteiger partial charge in [-0.3, -0.25) is 14.8 Å². The third-order valence-corrected chi connectivity index (χ3v) is 5.97. The Morgan fingerprint density at radius 2 is 2.03 bits per heavy atom. The summed E-state index contributed by atoms with van der Waals surface area (Å²) in [5.41, 5.74) is 1.76. The topological polar surface area (TPSA) is 110 Å². The Bertz CT molecular complexity index is 1320. The zero-order valence-corrected chi connectivity index (χ0v) is 19.4. The molecule has 0 saturated carbocycles. The molecule has 1 fully saturated rings. The number of amides is 1. The van der Waals surface area contributed by atoms with Gasteiger partial charge in [0.05, 0.1) is 38.3 Å². The van der Waals surface area contributed by atoms with Crippen LogP contribution in [0.15, 0.2) is 42.9 Å². The van der Waals surface area contributed by atoms with Gasteiger partial charge in [-0.25, -0.2) is 4.98 Å². The molecule has 0 spiro atoms. The van der Waals surface area contributed by atoms with Gasteiger partial charge >= 0.3 is 0 Å². The van der Waals surface area contributed by atoms with Crippen molar-refractivity contribution in [3.05, 3.63) is 65.4 Å². The Morgan fingerprint density at radius 1 is 1.26 bits per heavy atom. The number of methoxy groups -OCH3 is 1. The fraction of sp³-hybridized carbons (Fsp3) is 0.320. The number of pyridine rings is 3. The number of alkyl halides is 2. The average Bonchev–Trinajstić information content (AvgIpc) is 2.85. The van der Waals surface area contributed by atoms with E-state index in [1.807, 2.05) is 6.07 Å². The number of carbonyl (C=O) groups is 1. The number of nitrogens with one attached hydrogen (secondary N) is 1. The van der Waals surface area contributed by atoms with Crippen LogP contribution in [0.1, 0.15) is 40.7 Å². The van der Waals surface area contributed by atoms with Gasteiger partial charge in [0, 0.05) is 46.8 Å². The molecule has 1 amide bonds. The highest BCUT2D eigenvalue weighted by molar-refractivity contribution is 6.04. The molecule has 10 heteroatoms. The lowest BCUT2D eigenvalue weighted by molar-refractivity contribution is -0.0309. The van der Waals surface area contributed by atoms with Gasteiger partial charge in [-0.1, -0.05) is 6.92 Å². The zero-order chi connectivity index (χ0) is 25.2. The molecule has 0 bridgehead atoms. The second-order valence-corrected chi connectivity index (χ2v) is 8.27. The third-order valence-electron chi connectivity index (χ3n) is 5.97. The summed E-state index contributed by atoms with van der Waals surface area (Å²) in [5, 5.41) is 12.4. The van der Waals surface area contributed by atoms with Crippen molar-refractivity contribution < 1.29 is 23.0 Å². The molecular weight excluding hydrogens is 456 g/mol. The molecule has 0 atom stereocenters. The van der Waals surface area contributed by atoms with Crippen molar-refractivity contribution in [3.8, 4) is 23.1 Å². The first-order valence-corrected chi connectivity index (χ1v) is 10.9. The molecule has 4 heterocycles. The van der Waals surface area contributed by atoms with Crippen LogP contribution >= 0.6 is 0 Å². The molecule has 4 rings (SSSR count). The van der Waals surface area contributed by atoms with Crippen molar-refractivity contribution in [2.45, 2.75) is 31.6 Å². The summed E-state index contributed by atoms with van der Waals surface area (Å²) in [6.45, 7) is 3.63. The molecule has 35 heavy (non-hydrogen) atoms. The van der Waals surface area contributed by atoms with E-state index < -0.39 is 29.4 Å². The number of aryl methyl sites for hydroxylation is 1. The summed E-state index contributed by atoms with van der Waals surface area (Å²) in [6.07, 6.45) is 3.85. The molecule has 1 aliphatic rings. The SMILES string of the molecule is CCC(F)(F)c1cc(C(=O)Nc2cnc(C)c(-c3cnc(OC)c(C4(C#N)COC4)c3)c2)ccn1. The number of nitriles is 1. The van der Waals surface area contributed by atoms with Crippen LogP contribution in [0.3, 0.4) is 0 Å². The van der Waals surface area contributed by atoms with Gasteiger partial charge in [-0.05, 0) is 31.2 Å². The van der Waals surface area contributed by atoms with E-state index in [1.54, 1.807) is 19.2 Å². The highest BCUT2D eigenvalue weighted by atomic mass is 19.3. The average molecular weight is 479 g/mol. The van der Waals surface area contributed by atoms with Crippen LogP contribution in [-0.2, 0) is 16.1 Å². The van der Waals surface area contributed by atoms with Gasteiger partial charge in [-0.2, -0.15) is 14.0 Å². The maximum absolute atomic E-state index is 14.0. The minimum atomic E-state index is -3.12. The fourth-order valence-electron chi connectivity index (χ4n) is 3.74. The minimum absolute atomic E-state index is 0.0552. The predicted molar refractivity (Wildman–Crippen MR) is 123 cm³/mol. The summed E-state index contributed by atoms with van der Waals surface area (Å²) in [4.78, 5) is 25.2. The minimum Gasteiger partial charge on any atom is -0.481 e. The second kappa shape index (κ2) is 9.35. The molecule has 1 aliphatic heterocycles. The number of halogens is 2. The molecule has 0 aliphatic carbocycles. The summed E-state index contributed by atoms with van der Waals surface area (Å²) >= 11 is 0. The van der Waals surface area contributed by atoms with Crippen molar-refractivity contribution in [2.75, 3.05) is 25.6 Å². The number of carbonyl (C=O) groups excluding carboxylic acids is 1. The standard InChI is InChI=1S/C25H23F2N5O3/c1-4-25(26,27)21-8-16(5-6-29-21)22(33)32-18-9-19(15(2)30-11-18)17-7-20(23(34-3)31-10-17)24(12-28)13-35-14-24/h5-11H,4,13-14H2,1-3H3,(H,32,33). The van der Waals surface area contributed by atoms with Crippen molar-refractivity contribution >= 4 is 11.6 Å². The maximum atomic E-state index is 14.0. The van der Waals surface area contributed by atoms with Gasteiger partial charge in [0.25, 0.3) is 11.8 Å². The normalized spacial score (nSPS) is 14.5. The first kappa shape index (κ1) is 24.2. The highest BCUT2D eigenvalue weighted by Crippen LogP contribution is 2.39. The lowest BCUT2D eigenvalue weighted by Gasteiger charge is -2.35. The van der Waals surface area contributed by atoms with E-state index in [0.717, 1.165) is 6.07 Å². The lowest BCUT2D eigenvalue weighted by atomic mass is 9.79. The summed E-state index contributed by atoms with van der Waals surface area (Å²) in [6, 6.07) is 8.28. The zero-order valence-electron chi connectivity index (χ0n) is 19.4. The molecule has 180 valence electrons. The molecule has 3 aromatic rings. The Labute approximate surface area is 201 Å². The Hall–Kier alpha value is -3.97. The van der Waals surface area contributed by atoms with Crippen molar-refractivity contribution in [1.82, 2.24) is 15.0 Å². The van der Waals surface area contributed by atoms with Crippen molar-refractivity contribution in [1.29, 1.82) is 5.26 Å². The molecule has 0 radical (unpaired) electrons. The number of nitrogens with zero attached hydrogens (tertiary/aromatic N) is 4. The van der Waals surface area contributed by atoms with Gasteiger partial charge in [0.2, 0.25) is 5.88 Å². The van der Waals surface area contributed by atoms with E-state index in [4.69, 9.17) is 9.47 Å². The number of ether oxygens (including phenoxy) is 2. The molecule has 1 N–H and O–H groups in total. The van der Waals surface area contributed by atoms with Crippen LogP contribution in [0.5, 0.6) is 5.88 Å². The van der Waals surface area contributed by atoms with Crippen LogP contribution in [0, 0.1) is 18.3 Å². The van der Waals surface area contributed by atoms with Gasteiger partial charge in [-0.15, -0.1) is 0 Å². The number of hydrogen-bond donors (Lipinski definition) is 1. The highest BCUT2D eigenvalue weighted by Gasteiger charge is 2.44. The Kier molecular flexibility index (Phi) is 6.45. The van der Waals surface area contributed by atoms with E-state index in [-0.39, 0.29) is 18.8 Å². The number of anilines is 1. The van der Waals surface area contributed by atoms with E-state index >= 15 is 0 Å². The van der Waals surface area contributed by atoms with E-state index in [1.165, 1.54) is 32.5 Å². The smallest absolute Gasteiger partial charge is 0.289 e. The third kappa shape index (κ3) is 4.55. The summed E-state index contributed by atoms with van der Waals surface area (Å²) in [7, 11) is 1.49. The first-order chi connectivity index (χ1) is 16.7. The lowest BCUT2D eigenvalue weighted by Crippen LogP contribution is -2.45. The number of rotatable bonds is 7. The van der Waals surface area contributed by atoms with Gasteiger partial charge in [0.15, 0.2) is 0 Å². The molecule has 8 nitrogen and oxygen atoms in total. The van der Waals surface area contributed by atoms with E-state index in [2.05, 4.69) is 26.3 Å². The molecule has 0 unspecified atom stereocenters. The monoisotopic (exact) mass is 479 g/mol. The Morgan fingerprint density at radius 3 is 2.66 bits per heavy atom. The molecular formula is C25H23F2N5O3. The van der Waals surface area contributed by atoms with Crippen molar-refractivity contribution in [2.24, 2.45) is 0 Å². The van der Waals surface area contributed by atoms with Crippen LogP contribution in [-0.4, -0.2) is 41.2 Å².